The first-order valence-electron chi connectivity index (χ1n) is 8.62. The molecule has 118 valence electrons. The van der Waals surface area contributed by atoms with Crippen molar-refractivity contribution in [3.8, 4) is 0 Å². The van der Waals surface area contributed by atoms with Crippen molar-refractivity contribution in [1.82, 2.24) is 10.2 Å². The summed E-state index contributed by atoms with van der Waals surface area (Å²) >= 11 is 0. The molecule has 2 rings (SSSR count). The maximum Gasteiger partial charge on any atom is 0.0589 e. The highest BCUT2D eigenvalue weighted by Gasteiger charge is 2.36. The predicted molar refractivity (Wildman–Crippen MR) is 85.1 cm³/mol. The molecule has 2 saturated carbocycles. The van der Waals surface area contributed by atoms with E-state index in [1.807, 2.05) is 0 Å². The van der Waals surface area contributed by atoms with E-state index < -0.39 is 0 Å². The minimum absolute atomic E-state index is 0.513. The summed E-state index contributed by atoms with van der Waals surface area (Å²) in [5.74, 6) is 0.929. The average molecular weight is 282 g/mol. The Balaban J connectivity index is 1.89. The third-order valence-electron chi connectivity index (χ3n) is 5.30. The molecule has 0 aromatic heterocycles. The SMILES string of the molecule is CCN(CCOC)CC1(CNC2CC2)CCC(C)CC1. The van der Waals surface area contributed by atoms with Crippen molar-refractivity contribution in [3.63, 3.8) is 0 Å². The quantitative estimate of drug-likeness (QED) is 0.704. The van der Waals surface area contributed by atoms with Crippen molar-refractivity contribution in [2.24, 2.45) is 11.3 Å². The van der Waals surface area contributed by atoms with Gasteiger partial charge in [-0.25, -0.2) is 0 Å². The van der Waals surface area contributed by atoms with Gasteiger partial charge in [-0.2, -0.15) is 0 Å². The zero-order valence-electron chi connectivity index (χ0n) is 13.8. The standard InChI is InChI=1S/C17H34N2O/c1-4-19(11-12-20-3)14-17(13-18-16-5-6-16)9-7-15(2)8-10-17/h15-16,18H,4-14H2,1-3H3. The lowest BCUT2D eigenvalue weighted by molar-refractivity contribution is 0.0708. The number of likely N-dealkylation sites (N-methyl/N-ethyl adjacent to an activating group) is 1. The maximum absolute atomic E-state index is 5.26. The van der Waals surface area contributed by atoms with Crippen molar-refractivity contribution in [3.05, 3.63) is 0 Å². The van der Waals surface area contributed by atoms with E-state index in [1.165, 1.54) is 51.6 Å². The first-order valence-corrected chi connectivity index (χ1v) is 8.62. The van der Waals surface area contributed by atoms with Gasteiger partial charge in [0.1, 0.15) is 0 Å². The van der Waals surface area contributed by atoms with Gasteiger partial charge in [0.05, 0.1) is 6.61 Å². The van der Waals surface area contributed by atoms with Crippen LogP contribution in [0, 0.1) is 11.3 Å². The van der Waals surface area contributed by atoms with Gasteiger partial charge in [-0.05, 0) is 43.6 Å². The minimum Gasteiger partial charge on any atom is -0.383 e. The van der Waals surface area contributed by atoms with Gasteiger partial charge < -0.3 is 15.0 Å². The van der Waals surface area contributed by atoms with E-state index >= 15 is 0 Å². The van der Waals surface area contributed by atoms with Crippen LogP contribution in [-0.4, -0.2) is 50.8 Å². The Labute approximate surface area is 125 Å². The molecule has 2 fully saturated rings. The molecule has 0 radical (unpaired) electrons. The van der Waals surface area contributed by atoms with Crippen molar-refractivity contribution in [2.75, 3.05) is 39.9 Å². The van der Waals surface area contributed by atoms with E-state index in [0.29, 0.717) is 5.41 Å². The summed E-state index contributed by atoms with van der Waals surface area (Å²) in [4.78, 5) is 2.59. The van der Waals surface area contributed by atoms with E-state index in [-0.39, 0.29) is 0 Å². The van der Waals surface area contributed by atoms with E-state index in [2.05, 4.69) is 24.1 Å². The molecule has 0 atom stereocenters. The topological polar surface area (TPSA) is 24.5 Å². The van der Waals surface area contributed by atoms with Crippen LogP contribution in [0.2, 0.25) is 0 Å². The molecule has 1 N–H and O–H groups in total. The lowest BCUT2D eigenvalue weighted by Gasteiger charge is -2.43. The Hall–Kier alpha value is -0.120. The Morgan fingerprint density at radius 1 is 1.20 bits per heavy atom. The number of ether oxygens (including phenoxy) is 1. The van der Waals surface area contributed by atoms with E-state index in [0.717, 1.165) is 31.7 Å². The van der Waals surface area contributed by atoms with Crippen LogP contribution in [0.5, 0.6) is 0 Å². The average Bonchev–Trinajstić information content (AvgIpc) is 3.28. The fourth-order valence-electron chi connectivity index (χ4n) is 3.46. The Morgan fingerprint density at radius 2 is 1.90 bits per heavy atom. The van der Waals surface area contributed by atoms with Crippen LogP contribution in [0.4, 0.5) is 0 Å². The van der Waals surface area contributed by atoms with Gasteiger partial charge in [-0.15, -0.1) is 0 Å². The minimum atomic E-state index is 0.513. The molecule has 3 nitrogen and oxygen atoms in total. The van der Waals surface area contributed by atoms with Gasteiger partial charge in [0.2, 0.25) is 0 Å². The summed E-state index contributed by atoms with van der Waals surface area (Å²) < 4.78 is 5.26. The molecular formula is C17H34N2O. The van der Waals surface area contributed by atoms with Gasteiger partial charge in [0.15, 0.2) is 0 Å². The molecule has 0 aromatic carbocycles. The summed E-state index contributed by atoms with van der Waals surface area (Å²) in [6.45, 7) is 10.3. The number of hydrogen-bond acceptors (Lipinski definition) is 3. The van der Waals surface area contributed by atoms with Crippen LogP contribution < -0.4 is 5.32 Å². The van der Waals surface area contributed by atoms with E-state index in [1.54, 1.807) is 7.11 Å². The molecule has 0 amide bonds. The number of nitrogens with one attached hydrogen (secondary N) is 1. The van der Waals surface area contributed by atoms with Crippen LogP contribution in [-0.2, 0) is 4.74 Å². The fourth-order valence-corrected chi connectivity index (χ4v) is 3.46. The van der Waals surface area contributed by atoms with Crippen LogP contribution >= 0.6 is 0 Å². The normalized spacial score (nSPS) is 30.9. The summed E-state index contributed by atoms with van der Waals surface area (Å²) in [6, 6.07) is 0.834. The molecule has 3 heteroatoms. The zero-order valence-corrected chi connectivity index (χ0v) is 13.8. The molecule has 2 aliphatic carbocycles. The molecule has 0 saturated heterocycles. The lowest BCUT2D eigenvalue weighted by atomic mass is 9.70. The first kappa shape index (κ1) is 16.3. The second-order valence-corrected chi connectivity index (χ2v) is 7.20. The van der Waals surface area contributed by atoms with Gasteiger partial charge in [0, 0.05) is 32.8 Å². The smallest absolute Gasteiger partial charge is 0.0589 e. The van der Waals surface area contributed by atoms with Gasteiger partial charge in [-0.1, -0.05) is 26.7 Å². The van der Waals surface area contributed by atoms with Crippen molar-refractivity contribution in [2.45, 2.75) is 58.4 Å². The molecule has 2 aliphatic rings. The summed E-state index contributed by atoms with van der Waals surface area (Å²) in [5.41, 5.74) is 0.513. The Morgan fingerprint density at radius 3 is 2.45 bits per heavy atom. The van der Waals surface area contributed by atoms with Gasteiger partial charge >= 0.3 is 0 Å². The monoisotopic (exact) mass is 282 g/mol. The molecule has 20 heavy (non-hydrogen) atoms. The second-order valence-electron chi connectivity index (χ2n) is 7.20. The van der Waals surface area contributed by atoms with Crippen LogP contribution in [0.25, 0.3) is 0 Å². The molecule has 0 bridgehead atoms. The molecule has 0 unspecified atom stereocenters. The van der Waals surface area contributed by atoms with Crippen molar-refractivity contribution < 1.29 is 4.74 Å². The zero-order chi connectivity index (χ0) is 14.4. The van der Waals surface area contributed by atoms with Gasteiger partial charge in [0.25, 0.3) is 0 Å². The second kappa shape index (κ2) is 7.77. The highest BCUT2D eigenvalue weighted by Crippen LogP contribution is 2.39. The Kier molecular flexibility index (Phi) is 6.31. The first-order chi connectivity index (χ1) is 9.67. The summed E-state index contributed by atoms with van der Waals surface area (Å²) in [5, 5.41) is 3.81. The lowest BCUT2D eigenvalue weighted by Crippen LogP contribution is -2.47. The van der Waals surface area contributed by atoms with E-state index in [4.69, 9.17) is 4.74 Å². The fraction of sp³-hybridized carbons (Fsp3) is 1.00. The number of nitrogens with zero attached hydrogens (tertiary/aromatic N) is 1. The predicted octanol–water partition coefficient (Wildman–Crippen LogP) is 2.90. The van der Waals surface area contributed by atoms with Crippen LogP contribution in [0.3, 0.4) is 0 Å². The largest absolute Gasteiger partial charge is 0.383 e. The molecular weight excluding hydrogens is 248 g/mol. The molecule has 0 heterocycles. The van der Waals surface area contributed by atoms with Gasteiger partial charge in [-0.3, -0.25) is 0 Å². The molecule has 0 aliphatic heterocycles. The highest BCUT2D eigenvalue weighted by molar-refractivity contribution is 4.92. The third kappa shape index (κ3) is 5.01. The number of hydrogen-bond donors (Lipinski definition) is 1. The van der Waals surface area contributed by atoms with Crippen LogP contribution in [0.15, 0.2) is 0 Å². The third-order valence-corrected chi connectivity index (χ3v) is 5.30. The molecule has 0 spiro atoms. The number of rotatable bonds is 9. The van der Waals surface area contributed by atoms with E-state index in [9.17, 15) is 0 Å². The maximum atomic E-state index is 5.26. The van der Waals surface area contributed by atoms with Crippen molar-refractivity contribution >= 4 is 0 Å². The summed E-state index contributed by atoms with van der Waals surface area (Å²) in [7, 11) is 1.81. The molecule has 0 aromatic rings. The van der Waals surface area contributed by atoms with Crippen molar-refractivity contribution in [1.29, 1.82) is 0 Å². The summed E-state index contributed by atoms with van der Waals surface area (Å²) in [6.07, 6.45) is 8.42. The van der Waals surface area contributed by atoms with Crippen LogP contribution in [0.1, 0.15) is 52.4 Å². The Bertz CT molecular complexity index is 270. The number of methoxy groups -OCH3 is 1. The highest BCUT2D eigenvalue weighted by atomic mass is 16.5.